The van der Waals surface area contributed by atoms with Crippen LogP contribution >= 0.6 is 0 Å². The van der Waals surface area contributed by atoms with Gasteiger partial charge in [-0.1, -0.05) is 30.3 Å². The highest BCUT2D eigenvalue weighted by Crippen LogP contribution is 2.17. The number of nitrogens with zero attached hydrogens (tertiary/aromatic N) is 1. The number of hydrogen-bond acceptors (Lipinski definition) is 3. The van der Waals surface area contributed by atoms with Gasteiger partial charge in [-0.25, -0.2) is 4.39 Å². The Hall–Kier alpha value is -2.89. The largest absolute Gasteiger partial charge is 0.484 e. The third-order valence-electron chi connectivity index (χ3n) is 4.23. The molecule has 0 saturated carbocycles. The summed E-state index contributed by atoms with van der Waals surface area (Å²) in [6, 6.07) is 12.6. The molecular weight excluding hydrogens is 347 g/mol. The molecule has 0 spiro atoms. The number of carbonyl (C=O) groups excluding carboxylic acids is 2. The van der Waals surface area contributed by atoms with E-state index in [4.69, 9.17) is 4.74 Å². The Morgan fingerprint density at radius 2 is 1.81 bits per heavy atom. The number of hydrogen-bond donors (Lipinski definition) is 1. The zero-order valence-electron chi connectivity index (χ0n) is 15.9. The average molecular weight is 372 g/mol. The van der Waals surface area contributed by atoms with Crippen molar-refractivity contribution in [2.45, 2.75) is 33.4 Å². The van der Waals surface area contributed by atoms with Crippen LogP contribution < -0.4 is 10.1 Å². The molecule has 0 fully saturated rings. The predicted molar refractivity (Wildman–Crippen MR) is 102 cm³/mol. The maximum Gasteiger partial charge on any atom is 0.261 e. The van der Waals surface area contributed by atoms with Gasteiger partial charge in [-0.15, -0.1) is 0 Å². The van der Waals surface area contributed by atoms with Gasteiger partial charge in [-0.3, -0.25) is 9.59 Å². The monoisotopic (exact) mass is 372 g/mol. The number of likely N-dealkylation sites (N-methyl/N-ethyl adjacent to an activating group) is 1. The number of halogens is 1. The van der Waals surface area contributed by atoms with Gasteiger partial charge in [0, 0.05) is 13.1 Å². The van der Waals surface area contributed by atoms with Crippen LogP contribution in [0, 0.1) is 12.7 Å². The lowest BCUT2D eigenvalue weighted by Crippen LogP contribution is -2.49. The highest BCUT2D eigenvalue weighted by molar-refractivity contribution is 5.87. The number of rotatable bonds is 8. The van der Waals surface area contributed by atoms with Crippen molar-refractivity contribution < 1.29 is 18.7 Å². The fraction of sp³-hybridized carbons (Fsp3) is 0.333. The second-order valence-corrected chi connectivity index (χ2v) is 6.27. The topological polar surface area (TPSA) is 58.6 Å². The summed E-state index contributed by atoms with van der Waals surface area (Å²) in [5.74, 6) is -0.292. The quantitative estimate of drug-likeness (QED) is 0.775. The first-order chi connectivity index (χ1) is 12.9. The van der Waals surface area contributed by atoms with Crippen molar-refractivity contribution in [3.63, 3.8) is 0 Å². The summed E-state index contributed by atoms with van der Waals surface area (Å²) in [7, 11) is 0. The maximum atomic E-state index is 13.2. The van der Waals surface area contributed by atoms with E-state index < -0.39 is 6.04 Å². The summed E-state index contributed by atoms with van der Waals surface area (Å²) in [6.45, 7) is 5.86. The minimum absolute atomic E-state index is 0.185. The second-order valence-electron chi connectivity index (χ2n) is 6.27. The first-order valence-corrected chi connectivity index (χ1v) is 8.92. The summed E-state index contributed by atoms with van der Waals surface area (Å²) in [5, 5.41) is 2.72. The van der Waals surface area contributed by atoms with Crippen LogP contribution in [0.1, 0.15) is 25.0 Å². The lowest BCUT2D eigenvalue weighted by atomic mass is 10.1. The van der Waals surface area contributed by atoms with Crippen molar-refractivity contribution in [3.05, 3.63) is 65.5 Å². The molecule has 0 bridgehead atoms. The molecule has 2 aromatic rings. The number of nitrogens with one attached hydrogen (secondary N) is 1. The van der Waals surface area contributed by atoms with Gasteiger partial charge in [-0.2, -0.15) is 0 Å². The number of ether oxygens (including phenoxy) is 1. The van der Waals surface area contributed by atoms with Crippen LogP contribution in [-0.2, 0) is 16.1 Å². The van der Waals surface area contributed by atoms with Crippen LogP contribution in [0.4, 0.5) is 4.39 Å². The molecule has 2 amide bonds. The number of aryl methyl sites for hydroxylation is 1. The lowest BCUT2D eigenvalue weighted by Gasteiger charge is -2.28. The number of para-hydroxylation sites is 1. The van der Waals surface area contributed by atoms with Crippen LogP contribution in [0.3, 0.4) is 0 Å². The van der Waals surface area contributed by atoms with Gasteiger partial charge < -0.3 is 15.0 Å². The van der Waals surface area contributed by atoms with Crippen LogP contribution in [0.2, 0.25) is 0 Å². The second kappa shape index (κ2) is 9.71. The molecule has 5 nitrogen and oxygen atoms in total. The Morgan fingerprint density at radius 1 is 1.15 bits per heavy atom. The Labute approximate surface area is 159 Å². The van der Waals surface area contributed by atoms with E-state index >= 15 is 0 Å². The van der Waals surface area contributed by atoms with Crippen molar-refractivity contribution in [2.24, 2.45) is 0 Å². The molecule has 0 aliphatic rings. The summed E-state index contributed by atoms with van der Waals surface area (Å²) < 4.78 is 18.8. The molecule has 2 rings (SSSR count). The van der Waals surface area contributed by atoms with E-state index in [2.05, 4.69) is 5.32 Å². The molecule has 6 heteroatoms. The summed E-state index contributed by atoms with van der Waals surface area (Å²) in [5.41, 5.74) is 1.66. The molecule has 0 unspecified atom stereocenters. The number of amides is 2. The van der Waals surface area contributed by atoms with Crippen molar-refractivity contribution in [2.75, 3.05) is 13.2 Å². The maximum absolute atomic E-state index is 13.2. The van der Waals surface area contributed by atoms with Gasteiger partial charge >= 0.3 is 0 Å². The zero-order valence-corrected chi connectivity index (χ0v) is 15.9. The molecule has 1 atom stereocenters. The molecule has 27 heavy (non-hydrogen) atoms. The van der Waals surface area contributed by atoms with Gasteiger partial charge in [0.25, 0.3) is 5.91 Å². The van der Waals surface area contributed by atoms with E-state index in [0.717, 1.165) is 11.1 Å². The average Bonchev–Trinajstić information content (AvgIpc) is 2.66. The Kier molecular flexibility index (Phi) is 7.34. The van der Waals surface area contributed by atoms with Crippen LogP contribution in [0.15, 0.2) is 48.5 Å². The van der Waals surface area contributed by atoms with E-state index in [9.17, 15) is 14.0 Å². The summed E-state index contributed by atoms with van der Waals surface area (Å²) in [4.78, 5) is 26.5. The molecular formula is C21H25FN2O3. The first-order valence-electron chi connectivity index (χ1n) is 8.92. The minimum Gasteiger partial charge on any atom is -0.484 e. The van der Waals surface area contributed by atoms with Crippen molar-refractivity contribution in [1.82, 2.24) is 10.2 Å². The normalized spacial score (nSPS) is 11.6. The van der Waals surface area contributed by atoms with Crippen LogP contribution in [0.5, 0.6) is 5.75 Å². The minimum atomic E-state index is -0.678. The van der Waals surface area contributed by atoms with Gasteiger partial charge in [0.2, 0.25) is 5.91 Å². The first kappa shape index (κ1) is 20.4. The van der Waals surface area contributed by atoms with Crippen molar-refractivity contribution >= 4 is 11.8 Å². The smallest absolute Gasteiger partial charge is 0.261 e. The van der Waals surface area contributed by atoms with E-state index in [1.807, 2.05) is 32.0 Å². The SMILES string of the molecule is CCNC(=O)[C@@H](C)N(Cc1ccc(F)cc1)C(=O)COc1ccccc1C. The van der Waals surface area contributed by atoms with E-state index in [1.54, 1.807) is 25.1 Å². The van der Waals surface area contributed by atoms with Gasteiger partial charge in [0.1, 0.15) is 17.6 Å². The highest BCUT2D eigenvalue weighted by Gasteiger charge is 2.26. The summed E-state index contributed by atoms with van der Waals surface area (Å²) >= 11 is 0. The third-order valence-corrected chi connectivity index (χ3v) is 4.23. The number of carbonyl (C=O) groups is 2. The molecule has 0 saturated heterocycles. The summed E-state index contributed by atoms with van der Waals surface area (Å²) in [6.07, 6.45) is 0. The molecule has 0 radical (unpaired) electrons. The van der Waals surface area contributed by atoms with Crippen molar-refractivity contribution in [1.29, 1.82) is 0 Å². The fourth-order valence-electron chi connectivity index (χ4n) is 2.63. The van der Waals surface area contributed by atoms with E-state index in [0.29, 0.717) is 12.3 Å². The molecule has 0 heterocycles. The third kappa shape index (κ3) is 5.81. The molecule has 2 aromatic carbocycles. The fourth-order valence-corrected chi connectivity index (χ4v) is 2.63. The Morgan fingerprint density at radius 3 is 2.44 bits per heavy atom. The van der Waals surface area contributed by atoms with Crippen molar-refractivity contribution in [3.8, 4) is 5.75 Å². The number of benzene rings is 2. The predicted octanol–water partition coefficient (Wildman–Crippen LogP) is 3.07. The Bertz CT molecular complexity index is 777. The van der Waals surface area contributed by atoms with Gasteiger partial charge in [0.15, 0.2) is 6.61 Å². The van der Waals surface area contributed by atoms with Gasteiger partial charge in [0.05, 0.1) is 0 Å². The highest BCUT2D eigenvalue weighted by atomic mass is 19.1. The van der Waals surface area contributed by atoms with E-state index in [1.165, 1.54) is 17.0 Å². The van der Waals surface area contributed by atoms with Crippen LogP contribution in [0.25, 0.3) is 0 Å². The van der Waals surface area contributed by atoms with E-state index in [-0.39, 0.29) is 30.8 Å². The molecule has 0 aliphatic carbocycles. The zero-order chi connectivity index (χ0) is 19.8. The standard InChI is InChI=1S/C21H25FN2O3/c1-4-23-21(26)16(3)24(13-17-9-11-18(22)12-10-17)20(25)14-27-19-8-6-5-7-15(19)2/h5-12,16H,4,13-14H2,1-3H3,(H,23,26)/t16-/m1/s1. The Balaban J connectivity index is 2.14. The molecule has 0 aromatic heterocycles. The van der Waals surface area contributed by atoms with Crippen LogP contribution in [-0.4, -0.2) is 35.9 Å². The lowest BCUT2D eigenvalue weighted by molar-refractivity contribution is -0.142. The molecule has 0 aliphatic heterocycles. The molecule has 144 valence electrons. The van der Waals surface area contributed by atoms with Gasteiger partial charge in [-0.05, 0) is 50.1 Å². The molecule has 1 N–H and O–H groups in total.